The van der Waals surface area contributed by atoms with Gasteiger partial charge in [0.2, 0.25) is 5.91 Å². The fourth-order valence-corrected chi connectivity index (χ4v) is 2.36. The molecule has 1 heterocycles. The van der Waals surface area contributed by atoms with Crippen molar-refractivity contribution >= 4 is 16.8 Å². The summed E-state index contributed by atoms with van der Waals surface area (Å²) in [6.45, 7) is 0. The van der Waals surface area contributed by atoms with Gasteiger partial charge in [0.05, 0.1) is 11.9 Å². The first kappa shape index (κ1) is 14.2. The van der Waals surface area contributed by atoms with Crippen LogP contribution in [-0.4, -0.2) is 17.9 Å². The summed E-state index contributed by atoms with van der Waals surface area (Å²) in [6.07, 6.45) is 2.08. The van der Waals surface area contributed by atoms with Crippen LogP contribution in [0.2, 0.25) is 0 Å². The number of nitrogens with one attached hydrogen (secondary N) is 1. The summed E-state index contributed by atoms with van der Waals surface area (Å²) in [5.74, 6) is -0.301. The first-order valence-corrected chi connectivity index (χ1v) is 7.01. The molecule has 0 aliphatic rings. The van der Waals surface area contributed by atoms with Gasteiger partial charge in [-0.1, -0.05) is 30.3 Å². The molecule has 3 nitrogen and oxygen atoms in total. The lowest BCUT2D eigenvalue weighted by Gasteiger charge is -2.06. The second kappa shape index (κ2) is 5.93. The largest absolute Gasteiger partial charge is 0.359 e. The SMILES string of the molecule is CNC(=O)Cc1ccc(-c2cnc3cccc(F)c3c2)cc1. The third-order valence-electron chi connectivity index (χ3n) is 3.60. The molecule has 1 amide bonds. The molecular formula is C18H15FN2O. The molecule has 0 unspecified atom stereocenters. The second-order valence-electron chi connectivity index (χ2n) is 5.08. The zero-order valence-electron chi connectivity index (χ0n) is 12.1. The predicted octanol–water partition coefficient (Wildman–Crippen LogP) is 3.33. The van der Waals surface area contributed by atoms with Crippen LogP contribution >= 0.6 is 0 Å². The van der Waals surface area contributed by atoms with E-state index in [9.17, 15) is 9.18 Å². The van der Waals surface area contributed by atoms with E-state index in [0.29, 0.717) is 17.3 Å². The van der Waals surface area contributed by atoms with E-state index in [0.717, 1.165) is 16.7 Å². The average Bonchev–Trinajstić information content (AvgIpc) is 2.55. The molecule has 0 fully saturated rings. The third-order valence-corrected chi connectivity index (χ3v) is 3.60. The Morgan fingerprint density at radius 2 is 1.91 bits per heavy atom. The Bertz CT molecular complexity index is 828. The summed E-state index contributed by atoms with van der Waals surface area (Å²) in [7, 11) is 1.62. The number of likely N-dealkylation sites (N-methyl/N-ethyl adjacent to an activating group) is 1. The number of hydrogen-bond acceptors (Lipinski definition) is 2. The molecule has 22 heavy (non-hydrogen) atoms. The standard InChI is InChI=1S/C18H15FN2O/c1-20-18(22)9-12-5-7-13(8-6-12)14-10-15-16(19)3-2-4-17(15)21-11-14/h2-8,10-11H,9H2,1H3,(H,20,22). The van der Waals surface area contributed by atoms with E-state index in [-0.39, 0.29) is 11.7 Å². The molecule has 3 aromatic rings. The van der Waals surface area contributed by atoms with Crippen molar-refractivity contribution in [3.63, 3.8) is 0 Å². The highest BCUT2D eigenvalue weighted by molar-refractivity contribution is 5.84. The van der Waals surface area contributed by atoms with Crippen molar-refractivity contribution in [2.75, 3.05) is 7.05 Å². The van der Waals surface area contributed by atoms with Gasteiger partial charge >= 0.3 is 0 Å². The van der Waals surface area contributed by atoms with Gasteiger partial charge in [0.1, 0.15) is 5.82 Å². The minimum Gasteiger partial charge on any atom is -0.359 e. The molecule has 0 radical (unpaired) electrons. The van der Waals surface area contributed by atoms with Gasteiger partial charge in [-0.25, -0.2) is 4.39 Å². The summed E-state index contributed by atoms with van der Waals surface area (Å²) < 4.78 is 13.8. The fraction of sp³-hybridized carbons (Fsp3) is 0.111. The molecule has 0 aliphatic heterocycles. The molecule has 4 heteroatoms. The Morgan fingerprint density at radius 1 is 1.14 bits per heavy atom. The number of hydrogen-bond donors (Lipinski definition) is 1. The highest BCUT2D eigenvalue weighted by atomic mass is 19.1. The first-order valence-electron chi connectivity index (χ1n) is 7.01. The summed E-state index contributed by atoms with van der Waals surface area (Å²) >= 11 is 0. The van der Waals surface area contributed by atoms with E-state index in [1.807, 2.05) is 24.3 Å². The fourth-order valence-electron chi connectivity index (χ4n) is 2.36. The number of halogens is 1. The Balaban J connectivity index is 1.94. The van der Waals surface area contributed by atoms with Gasteiger partial charge in [0.15, 0.2) is 0 Å². The Morgan fingerprint density at radius 3 is 2.64 bits per heavy atom. The van der Waals surface area contributed by atoms with Gasteiger partial charge in [-0.2, -0.15) is 0 Å². The molecule has 110 valence electrons. The van der Waals surface area contributed by atoms with Crippen LogP contribution in [0.5, 0.6) is 0 Å². The lowest BCUT2D eigenvalue weighted by atomic mass is 10.0. The number of benzene rings is 2. The molecule has 1 N–H and O–H groups in total. The normalized spacial score (nSPS) is 10.6. The van der Waals surface area contributed by atoms with E-state index < -0.39 is 0 Å². The molecular weight excluding hydrogens is 279 g/mol. The third kappa shape index (κ3) is 2.81. The van der Waals surface area contributed by atoms with E-state index in [2.05, 4.69) is 10.3 Å². The summed E-state index contributed by atoms with van der Waals surface area (Å²) in [6, 6.07) is 14.3. The molecule has 0 saturated carbocycles. The molecule has 2 aromatic carbocycles. The summed E-state index contributed by atoms with van der Waals surface area (Å²) in [5.41, 5.74) is 3.37. The van der Waals surface area contributed by atoms with Crippen molar-refractivity contribution < 1.29 is 9.18 Å². The maximum atomic E-state index is 13.8. The minimum absolute atomic E-state index is 0.0257. The zero-order valence-corrected chi connectivity index (χ0v) is 12.1. The van der Waals surface area contributed by atoms with Crippen molar-refractivity contribution in [3.05, 3.63) is 66.1 Å². The van der Waals surface area contributed by atoms with Crippen molar-refractivity contribution in [1.29, 1.82) is 0 Å². The molecule has 0 saturated heterocycles. The van der Waals surface area contributed by atoms with Gasteiger partial charge in [0, 0.05) is 24.2 Å². The van der Waals surface area contributed by atoms with Crippen LogP contribution in [0, 0.1) is 5.82 Å². The van der Waals surface area contributed by atoms with Crippen molar-refractivity contribution in [3.8, 4) is 11.1 Å². The van der Waals surface area contributed by atoms with E-state index in [1.54, 1.807) is 31.4 Å². The number of amides is 1. The Kier molecular flexibility index (Phi) is 3.83. The van der Waals surface area contributed by atoms with Crippen LogP contribution in [0.3, 0.4) is 0 Å². The van der Waals surface area contributed by atoms with Crippen LogP contribution < -0.4 is 5.32 Å². The monoisotopic (exact) mass is 294 g/mol. The van der Waals surface area contributed by atoms with Crippen molar-refractivity contribution in [1.82, 2.24) is 10.3 Å². The van der Waals surface area contributed by atoms with Crippen LogP contribution in [0.15, 0.2) is 54.7 Å². The Hall–Kier alpha value is -2.75. The predicted molar refractivity (Wildman–Crippen MR) is 84.9 cm³/mol. The van der Waals surface area contributed by atoms with Crippen LogP contribution in [-0.2, 0) is 11.2 Å². The number of nitrogens with zero attached hydrogens (tertiary/aromatic N) is 1. The van der Waals surface area contributed by atoms with Crippen LogP contribution in [0.4, 0.5) is 4.39 Å². The highest BCUT2D eigenvalue weighted by Gasteiger charge is 2.06. The molecule has 0 atom stereocenters. The minimum atomic E-state index is -0.275. The van der Waals surface area contributed by atoms with Crippen molar-refractivity contribution in [2.45, 2.75) is 6.42 Å². The number of carbonyl (C=O) groups is 1. The number of pyridine rings is 1. The molecule has 3 rings (SSSR count). The maximum absolute atomic E-state index is 13.8. The van der Waals surface area contributed by atoms with Gasteiger partial charge in [-0.05, 0) is 29.3 Å². The second-order valence-corrected chi connectivity index (χ2v) is 5.08. The van der Waals surface area contributed by atoms with Gasteiger partial charge < -0.3 is 5.32 Å². The van der Waals surface area contributed by atoms with Gasteiger partial charge in [-0.15, -0.1) is 0 Å². The van der Waals surface area contributed by atoms with E-state index in [1.165, 1.54) is 6.07 Å². The first-order chi connectivity index (χ1) is 10.7. The van der Waals surface area contributed by atoms with Crippen LogP contribution in [0.25, 0.3) is 22.0 Å². The number of carbonyl (C=O) groups excluding carboxylic acids is 1. The Labute approximate surface area is 127 Å². The van der Waals surface area contributed by atoms with Gasteiger partial charge in [0.25, 0.3) is 0 Å². The van der Waals surface area contributed by atoms with Gasteiger partial charge in [-0.3, -0.25) is 9.78 Å². The summed E-state index contributed by atoms with van der Waals surface area (Å²) in [4.78, 5) is 15.7. The van der Waals surface area contributed by atoms with Crippen LogP contribution in [0.1, 0.15) is 5.56 Å². The molecule has 0 spiro atoms. The summed E-state index contributed by atoms with van der Waals surface area (Å²) in [5, 5.41) is 3.10. The van der Waals surface area contributed by atoms with Crippen molar-refractivity contribution in [2.24, 2.45) is 0 Å². The number of fused-ring (bicyclic) bond motifs is 1. The molecule has 0 bridgehead atoms. The van der Waals surface area contributed by atoms with E-state index >= 15 is 0 Å². The average molecular weight is 294 g/mol. The highest BCUT2D eigenvalue weighted by Crippen LogP contribution is 2.24. The lowest BCUT2D eigenvalue weighted by Crippen LogP contribution is -2.19. The maximum Gasteiger partial charge on any atom is 0.224 e. The zero-order chi connectivity index (χ0) is 15.5. The number of rotatable bonds is 3. The molecule has 0 aliphatic carbocycles. The quantitative estimate of drug-likeness (QED) is 0.805. The lowest BCUT2D eigenvalue weighted by molar-refractivity contribution is -0.119. The number of aromatic nitrogens is 1. The molecule has 1 aromatic heterocycles. The topological polar surface area (TPSA) is 42.0 Å². The smallest absolute Gasteiger partial charge is 0.224 e. The van der Waals surface area contributed by atoms with E-state index in [4.69, 9.17) is 0 Å².